The summed E-state index contributed by atoms with van der Waals surface area (Å²) in [7, 11) is 0. The maximum Gasteiger partial charge on any atom is 0.227 e. The summed E-state index contributed by atoms with van der Waals surface area (Å²) in [4.78, 5) is 14.7. The molecule has 2 aliphatic rings. The second-order valence-electron chi connectivity index (χ2n) is 6.15. The van der Waals surface area contributed by atoms with Gasteiger partial charge in [0.2, 0.25) is 5.91 Å². The second-order valence-corrected chi connectivity index (χ2v) is 6.15. The maximum absolute atomic E-state index is 12.6. The lowest BCUT2D eigenvalue weighted by atomic mass is 9.98. The summed E-state index contributed by atoms with van der Waals surface area (Å²) in [5.41, 5.74) is 1.13. The van der Waals surface area contributed by atoms with Crippen LogP contribution in [-0.4, -0.2) is 36.5 Å². The summed E-state index contributed by atoms with van der Waals surface area (Å²) in [5.74, 6) is 0.952. The van der Waals surface area contributed by atoms with Gasteiger partial charge in [0.05, 0.1) is 6.42 Å². The van der Waals surface area contributed by atoms with E-state index in [1.807, 2.05) is 30.3 Å². The van der Waals surface area contributed by atoms with Crippen molar-refractivity contribution in [3.63, 3.8) is 0 Å². The van der Waals surface area contributed by atoms with Crippen LogP contribution >= 0.6 is 0 Å². The zero-order valence-corrected chi connectivity index (χ0v) is 12.1. The van der Waals surface area contributed by atoms with Gasteiger partial charge in [0.25, 0.3) is 0 Å². The molecular formula is C17H24N2O. The fourth-order valence-corrected chi connectivity index (χ4v) is 3.07. The molecule has 3 rings (SSSR count). The molecule has 1 heterocycles. The van der Waals surface area contributed by atoms with Crippen LogP contribution < -0.4 is 5.32 Å². The highest BCUT2D eigenvalue weighted by Crippen LogP contribution is 2.29. The minimum Gasteiger partial charge on any atom is -0.339 e. The van der Waals surface area contributed by atoms with Gasteiger partial charge in [-0.15, -0.1) is 0 Å². The molecule has 1 N–H and O–H groups in total. The summed E-state index contributed by atoms with van der Waals surface area (Å²) < 4.78 is 0. The molecule has 1 unspecified atom stereocenters. The van der Waals surface area contributed by atoms with Crippen LogP contribution in [0, 0.1) is 5.92 Å². The number of carbonyl (C=O) groups is 1. The Morgan fingerprint density at radius 3 is 2.65 bits per heavy atom. The van der Waals surface area contributed by atoms with Crippen LogP contribution in [0.1, 0.15) is 31.2 Å². The molecule has 1 aliphatic heterocycles. The Balaban J connectivity index is 1.59. The van der Waals surface area contributed by atoms with E-state index in [4.69, 9.17) is 0 Å². The van der Waals surface area contributed by atoms with Crippen LogP contribution in [0.2, 0.25) is 0 Å². The Morgan fingerprint density at radius 2 is 2.00 bits per heavy atom. The fraction of sp³-hybridized carbons (Fsp3) is 0.588. The van der Waals surface area contributed by atoms with Gasteiger partial charge in [0, 0.05) is 12.6 Å². The number of amides is 1. The van der Waals surface area contributed by atoms with Gasteiger partial charge in [0.15, 0.2) is 0 Å². The van der Waals surface area contributed by atoms with Crippen molar-refractivity contribution in [2.24, 2.45) is 5.92 Å². The van der Waals surface area contributed by atoms with E-state index >= 15 is 0 Å². The van der Waals surface area contributed by atoms with Crippen LogP contribution in [0.25, 0.3) is 0 Å². The molecule has 0 spiro atoms. The molecule has 3 nitrogen and oxygen atoms in total. The van der Waals surface area contributed by atoms with Crippen molar-refractivity contribution in [1.29, 1.82) is 0 Å². The van der Waals surface area contributed by atoms with Crippen molar-refractivity contribution in [2.75, 3.05) is 19.6 Å². The van der Waals surface area contributed by atoms with Crippen molar-refractivity contribution in [3.05, 3.63) is 35.9 Å². The first-order valence-corrected chi connectivity index (χ1v) is 7.87. The van der Waals surface area contributed by atoms with E-state index in [1.54, 1.807) is 0 Å². The van der Waals surface area contributed by atoms with Gasteiger partial charge in [-0.1, -0.05) is 30.3 Å². The summed E-state index contributed by atoms with van der Waals surface area (Å²) in [6, 6.07) is 10.6. The van der Waals surface area contributed by atoms with Gasteiger partial charge < -0.3 is 10.2 Å². The summed E-state index contributed by atoms with van der Waals surface area (Å²) >= 11 is 0. The quantitative estimate of drug-likeness (QED) is 0.891. The van der Waals surface area contributed by atoms with Crippen LogP contribution in [0.15, 0.2) is 30.3 Å². The third-order valence-electron chi connectivity index (χ3n) is 4.36. The molecule has 1 aromatic rings. The van der Waals surface area contributed by atoms with Crippen LogP contribution in [0.5, 0.6) is 0 Å². The molecule has 1 saturated carbocycles. The van der Waals surface area contributed by atoms with Crippen molar-refractivity contribution in [3.8, 4) is 0 Å². The van der Waals surface area contributed by atoms with Crippen LogP contribution in [0.3, 0.4) is 0 Å². The first-order chi connectivity index (χ1) is 9.83. The molecule has 1 aliphatic carbocycles. The lowest BCUT2D eigenvalue weighted by molar-refractivity contribution is -0.131. The fourth-order valence-electron chi connectivity index (χ4n) is 3.07. The monoisotopic (exact) mass is 272 g/mol. The first-order valence-electron chi connectivity index (χ1n) is 7.87. The lowest BCUT2D eigenvalue weighted by Gasteiger charge is -2.30. The zero-order valence-electron chi connectivity index (χ0n) is 12.1. The Labute approximate surface area is 121 Å². The summed E-state index contributed by atoms with van der Waals surface area (Å²) in [6.45, 7) is 3.16. The Bertz CT molecular complexity index is 436. The van der Waals surface area contributed by atoms with Gasteiger partial charge in [-0.3, -0.25) is 4.79 Å². The number of carbonyl (C=O) groups excluding carboxylic acids is 1. The lowest BCUT2D eigenvalue weighted by Crippen LogP contribution is -2.42. The maximum atomic E-state index is 12.6. The number of hydrogen-bond donors (Lipinski definition) is 1. The van der Waals surface area contributed by atoms with Crippen molar-refractivity contribution < 1.29 is 4.79 Å². The van der Waals surface area contributed by atoms with Crippen LogP contribution in [0.4, 0.5) is 0 Å². The molecule has 1 aromatic carbocycles. The predicted octanol–water partition coefficient (Wildman–Crippen LogP) is 2.22. The predicted molar refractivity (Wildman–Crippen MR) is 80.5 cm³/mol. The SMILES string of the molecule is O=C(Cc1ccccc1)N(CC1CCCNC1)C1CC1. The summed E-state index contributed by atoms with van der Waals surface area (Å²) in [5, 5.41) is 3.45. The molecule has 1 atom stereocenters. The molecule has 20 heavy (non-hydrogen) atoms. The highest BCUT2D eigenvalue weighted by atomic mass is 16.2. The number of piperidine rings is 1. The third kappa shape index (κ3) is 3.60. The number of rotatable bonds is 5. The number of hydrogen-bond acceptors (Lipinski definition) is 2. The van der Waals surface area contributed by atoms with Crippen molar-refractivity contribution in [1.82, 2.24) is 10.2 Å². The molecule has 0 radical (unpaired) electrons. The molecular weight excluding hydrogens is 248 g/mol. The van der Waals surface area contributed by atoms with Gasteiger partial charge in [-0.05, 0) is 50.3 Å². The van der Waals surface area contributed by atoms with Crippen molar-refractivity contribution >= 4 is 5.91 Å². The topological polar surface area (TPSA) is 32.3 Å². The first kappa shape index (κ1) is 13.6. The second kappa shape index (κ2) is 6.40. The Kier molecular flexibility index (Phi) is 4.36. The minimum absolute atomic E-state index is 0.310. The Hall–Kier alpha value is -1.35. The van der Waals surface area contributed by atoms with E-state index in [0.717, 1.165) is 25.2 Å². The van der Waals surface area contributed by atoms with Gasteiger partial charge in [-0.2, -0.15) is 0 Å². The third-order valence-corrected chi connectivity index (χ3v) is 4.36. The van der Waals surface area contributed by atoms with Gasteiger partial charge in [0.1, 0.15) is 0 Å². The summed E-state index contributed by atoms with van der Waals surface area (Å²) in [6.07, 6.45) is 5.45. The molecule has 108 valence electrons. The average Bonchev–Trinajstić information content (AvgIpc) is 3.31. The van der Waals surface area contributed by atoms with Crippen molar-refractivity contribution in [2.45, 2.75) is 38.1 Å². The van der Waals surface area contributed by atoms with E-state index in [1.165, 1.54) is 25.7 Å². The minimum atomic E-state index is 0.310. The largest absolute Gasteiger partial charge is 0.339 e. The van der Waals surface area contributed by atoms with Crippen LogP contribution in [-0.2, 0) is 11.2 Å². The number of benzene rings is 1. The van der Waals surface area contributed by atoms with Gasteiger partial charge in [-0.25, -0.2) is 0 Å². The highest BCUT2D eigenvalue weighted by Gasteiger charge is 2.33. The molecule has 0 aromatic heterocycles. The average molecular weight is 272 g/mol. The van der Waals surface area contributed by atoms with E-state index in [2.05, 4.69) is 10.2 Å². The Morgan fingerprint density at radius 1 is 1.20 bits per heavy atom. The number of nitrogens with zero attached hydrogens (tertiary/aromatic N) is 1. The number of nitrogens with one attached hydrogen (secondary N) is 1. The van der Waals surface area contributed by atoms with E-state index in [-0.39, 0.29) is 0 Å². The zero-order chi connectivity index (χ0) is 13.8. The standard InChI is InChI=1S/C17H24N2O/c20-17(11-14-5-2-1-3-6-14)19(16-8-9-16)13-15-7-4-10-18-12-15/h1-3,5-6,15-16,18H,4,7-13H2. The van der Waals surface area contributed by atoms with Gasteiger partial charge >= 0.3 is 0 Å². The smallest absolute Gasteiger partial charge is 0.227 e. The molecule has 3 heteroatoms. The molecule has 1 saturated heterocycles. The molecule has 2 fully saturated rings. The molecule has 1 amide bonds. The van der Waals surface area contributed by atoms with E-state index in [9.17, 15) is 4.79 Å². The normalized spacial score (nSPS) is 22.5. The van der Waals surface area contributed by atoms with E-state index in [0.29, 0.717) is 24.3 Å². The molecule has 0 bridgehead atoms. The highest BCUT2D eigenvalue weighted by molar-refractivity contribution is 5.79. The van der Waals surface area contributed by atoms with E-state index < -0.39 is 0 Å².